The van der Waals surface area contributed by atoms with Crippen LogP contribution < -0.4 is 10.6 Å². The highest BCUT2D eigenvalue weighted by Gasteiger charge is 2.22. The van der Waals surface area contributed by atoms with E-state index in [0.717, 1.165) is 52.4 Å². The number of carbonyl (C=O) groups excluding carboxylic acids is 8. The van der Waals surface area contributed by atoms with Gasteiger partial charge in [-0.1, -0.05) is 0 Å². The van der Waals surface area contributed by atoms with Crippen LogP contribution in [0, 0.1) is 0 Å². The fourth-order valence-corrected chi connectivity index (χ4v) is 7.27. The van der Waals surface area contributed by atoms with Crippen molar-refractivity contribution in [3.05, 3.63) is 0 Å². The van der Waals surface area contributed by atoms with Crippen molar-refractivity contribution in [2.45, 2.75) is 38.5 Å². The van der Waals surface area contributed by atoms with Gasteiger partial charge in [-0.25, -0.2) is 9.59 Å². The van der Waals surface area contributed by atoms with Crippen LogP contribution in [0.1, 0.15) is 38.5 Å². The molecular weight excluding hydrogens is 873 g/mol. The third-order valence-corrected chi connectivity index (χ3v) is 11.3. The molecule has 24 nitrogen and oxygen atoms in total. The summed E-state index contributed by atoms with van der Waals surface area (Å²) in [7, 11) is 0. The Labute approximate surface area is 386 Å². The summed E-state index contributed by atoms with van der Waals surface area (Å²) in [5, 5.41) is 6.51. The van der Waals surface area contributed by atoms with E-state index in [1.807, 2.05) is 0 Å². The van der Waals surface area contributed by atoms with Gasteiger partial charge in [0.2, 0.25) is 13.6 Å². The molecule has 4 rings (SSSR count). The second-order valence-corrected chi connectivity index (χ2v) is 16.1. The zero-order valence-electron chi connectivity index (χ0n) is 38.3. The largest absolute Gasteiger partial charge is 0.460 e. The lowest BCUT2D eigenvalue weighted by molar-refractivity contribution is -0.169. The highest BCUT2D eigenvalue weighted by molar-refractivity contribution is 5.77. The van der Waals surface area contributed by atoms with Crippen molar-refractivity contribution in [2.75, 3.05) is 184 Å². The molecule has 4 fully saturated rings. The second kappa shape index (κ2) is 32.2. The Morgan fingerprint density at radius 2 is 0.515 bits per heavy atom. The van der Waals surface area contributed by atoms with Gasteiger partial charge in [0.05, 0.1) is 38.5 Å². The van der Waals surface area contributed by atoms with Gasteiger partial charge in [-0.2, -0.15) is 0 Å². The highest BCUT2D eigenvalue weighted by Crippen LogP contribution is 2.07. The Morgan fingerprint density at radius 1 is 0.288 bits per heavy atom. The summed E-state index contributed by atoms with van der Waals surface area (Å²) in [5.74, 6) is -4.45. The first-order chi connectivity index (χ1) is 32.0. The van der Waals surface area contributed by atoms with E-state index in [1.165, 1.54) is 0 Å². The third kappa shape index (κ3) is 24.8. The summed E-state index contributed by atoms with van der Waals surface area (Å²) < 4.78 is 40.0. The minimum Gasteiger partial charge on any atom is -0.460 e. The zero-order chi connectivity index (χ0) is 47.2. The Hall–Kier alpha value is -4.56. The molecule has 24 heteroatoms. The molecule has 0 spiro atoms. The van der Waals surface area contributed by atoms with Crippen LogP contribution >= 0.6 is 0 Å². The molecule has 374 valence electrons. The van der Waals surface area contributed by atoms with Gasteiger partial charge in [-0.15, -0.1) is 0 Å². The van der Waals surface area contributed by atoms with Crippen LogP contribution in [0.5, 0.6) is 0 Å². The van der Waals surface area contributed by atoms with Gasteiger partial charge in [0.25, 0.3) is 0 Å². The molecule has 0 bridgehead atoms. The monoisotopic (exact) mass is 942 g/mol. The van der Waals surface area contributed by atoms with E-state index in [9.17, 15) is 38.4 Å². The van der Waals surface area contributed by atoms with E-state index in [4.69, 9.17) is 37.9 Å². The van der Waals surface area contributed by atoms with Gasteiger partial charge in [0.1, 0.15) is 13.2 Å². The molecule has 4 aliphatic heterocycles. The number of piperazine rings is 4. The fourth-order valence-electron chi connectivity index (χ4n) is 7.27. The van der Waals surface area contributed by atoms with E-state index in [2.05, 4.69) is 40.0 Å². The van der Waals surface area contributed by atoms with Crippen LogP contribution in [-0.2, 0) is 76.3 Å². The van der Waals surface area contributed by atoms with Crippen molar-refractivity contribution in [1.82, 2.24) is 40.0 Å². The van der Waals surface area contributed by atoms with Crippen molar-refractivity contribution in [1.29, 1.82) is 0 Å². The smallest absolute Gasteiger partial charge is 0.344 e. The molecule has 4 aliphatic rings. The molecule has 0 aromatic rings. The topological polar surface area (TPSA) is 254 Å². The van der Waals surface area contributed by atoms with Crippen LogP contribution in [-0.4, -0.2) is 261 Å². The third-order valence-electron chi connectivity index (χ3n) is 11.3. The maximum atomic E-state index is 12.2. The lowest BCUT2D eigenvalue weighted by atomic mass is 10.2. The summed E-state index contributed by atoms with van der Waals surface area (Å²) in [6.45, 7) is 13.2. The number of nitrogens with zero attached hydrogens (tertiary/aromatic N) is 6. The average molecular weight is 943 g/mol. The molecule has 0 saturated carbocycles. The molecule has 0 amide bonds. The standard InChI is InChI=1S/C42H70N8O16/c51-35(1-13-47-21-25-49(26-22-47)15-5-39(55)65-33-63-37(53)3-11-45-17-7-43-8-18-45)61-31-41(57)59-29-30-60-42(58)32-62-36(52)2-14-48-23-27-50(28-24-48)16-6-40(56)66-34-64-38(54)4-12-46-19-9-44-10-20-46/h43-44H,1-34H2. The normalized spacial score (nSPS) is 18.1. The van der Waals surface area contributed by atoms with Crippen molar-refractivity contribution in [3.63, 3.8) is 0 Å². The quantitative estimate of drug-likeness (QED) is 0.0321. The number of carbonyl (C=O) groups is 8. The van der Waals surface area contributed by atoms with Gasteiger partial charge < -0.3 is 77.9 Å². The Morgan fingerprint density at radius 3 is 0.773 bits per heavy atom. The minimum atomic E-state index is -0.808. The fraction of sp³-hybridized carbons (Fsp3) is 0.810. The first-order valence-corrected chi connectivity index (χ1v) is 23.0. The predicted molar refractivity (Wildman–Crippen MR) is 230 cm³/mol. The maximum absolute atomic E-state index is 12.2. The van der Waals surface area contributed by atoms with Crippen LogP contribution in [0.3, 0.4) is 0 Å². The SMILES string of the molecule is O=C(CCN1CCNCC1)OCOC(=O)CCN1CCN(CCC(=O)OCC(=O)OCCOC(=O)COC(=O)CCN2CCN(CCC(=O)OCOC(=O)CCN3CCNCC3)CC2)CC1. The van der Waals surface area contributed by atoms with Crippen molar-refractivity contribution >= 4 is 47.8 Å². The van der Waals surface area contributed by atoms with Gasteiger partial charge >= 0.3 is 47.8 Å². The molecule has 0 aromatic heterocycles. The summed E-state index contributed by atoms with van der Waals surface area (Å²) in [6, 6.07) is 0. The number of esters is 8. The molecule has 2 N–H and O–H groups in total. The Bertz CT molecular complexity index is 1410. The summed E-state index contributed by atoms with van der Waals surface area (Å²) >= 11 is 0. The van der Waals surface area contributed by atoms with E-state index < -0.39 is 74.6 Å². The molecular formula is C42H70N8O16. The Kier molecular flexibility index (Phi) is 26.4. The number of ether oxygens (including phenoxy) is 8. The average Bonchev–Trinajstić information content (AvgIpc) is 3.33. The molecule has 0 aromatic carbocycles. The lowest BCUT2D eigenvalue weighted by Gasteiger charge is -2.34. The van der Waals surface area contributed by atoms with Crippen molar-refractivity contribution in [3.8, 4) is 0 Å². The molecule has 0 radical (unpaired) electrons. The van der Waals surface area contributed by atoms with E-state index >= 15 is 0 Å². The molecule has 66 heavy (non-hydrogen) atoms. The summed E-state index contributed by atoms with van der Waals surface area (Å²) in [6.07, 6.45) is 0.956. The highest BCUT2D eigenvalue weighted by atomic mass is 16.7. The number of hydrogen-bond acceptors (Lipinski definition) is 24. The van der Waals surface area contributed by atoms with E-state index in [0.29, 0.717) is 91.6 Å². The molecule has 0 unspecified atom stereocenters. The Balaban J connectivity index is 0.888. The zero-order valence-corrected chi connectivity index (χ0v) is 38.3. The van der Waals surface area contributed by atoms with Gasteiger partial charge in [0.15, 0.2) is 13.2 Å². The van der Waals surface area contributed by atoms with Crippen molar-refractivity contribution in [2.24, 2.45) is 0 Å². The van der Waals surface area contributed by atoms with Crippen molar-refractivity contribution < 1.29 is 76.3 Å². The first-order valence-electron chi connectivity index (χ1n) is 23.0. The maximum Gasteiger partial charge on any atom is 0.344 e. The number of nitrogens with one attached hydrogen (secondary N) is 2. The molecule has 4 saturated heterocycles. The van der Waals surface area contributed by atoms with Gasteiger partial charge in [-0.05, 0) is 0 Å². The second-order valence-electron chi connectivity index (χ2n) is 16.1. The van der Waals surface area contributed by atoms with Crippen LogP contribution in [0.4, 0.5) is 0 Å². The summed E-state index contributed by atoms with van der Waals surface area (Å²) in [4.78, 5) is 109. The van der Waals surface area contributed by atoms with Gasteiger partial charge in [-0.3, -0.25) is 28.8 Å². The van der Waals surface area contributed by atoms with Gasteiger partial charge in [0, 0.05) is 144 Å². The van der Waals surface area contributed by atoms with E-state index in [1.54, 1.807) is 0 Å². The predicted octanol–water partition coefficient (Wildman–Crippen LogP) is -3.37. The van der Waals surface area contributed by atoms with E-state index in [-0.39, 0.29) is 51.7 Å². The number of rotatable bonds is 29. The molecule has 0 aliphatic carbocycles. The molecule has 4 heterocycles. The molecule has 0 atom stereocenters. The van der Waals surface area contributed by atoms with Crippen LogP contribution in [0.15, 0.2) is 0 Å². The first kappa shape index (κ1) is 54.0. The lowest BCUT2D eigenvalue weighted by Crippen LogP contribution is -2.47. The van der Waals surface area contributed by atoms with Crippen LogP contribution in [0.2, 0.25) is 0 Å². The number of hydrogen-bond donors (Lipinski definition) is 2. The van der Waals surface area contributed by atoms with Crippen LogP contribution in [0.25, 0.3) is 0 Å². The summed E-state index contributed by atoms with van der Waals surface area (Å²) in [5.41, 5.74) is 0. The minimum absolute atomic E-state index is 0.0707.